The number of carbonyl (C=O) groups is 1. The van der Waals surface area contributed by atoms with Gasteiger partial charge in [0.1, 0.15) is 24.5 Å². The molecule has 4 aliphatic rings. The average Bonchev–Trinajstić information content (AvgIpc) is 3.11. The number of nitrogens with one attached hydrogen (secondary N) is 1. The predicted molar refractivity (Wildman–Crippen MR) is 126 cm³/mol. The summed E-state index contributed by atoms with van der Waals surface area (Å²) in [5, 5.41) is 22.9. The first-order chi connectivity index (χ1) is 16.2. The number of piperidine rings is 1. The van der Waals surface area contributed by atoms with Gasteiger partial charge >= 0.3 is 0 Å². The van der Waals surface area contributed by atoms with Crippen molar-refractivity contribution >= 4 is 15.9 Å². The summed E-state index contributed by atoms with van der Waals surface area (Å²) < 4.78 is 33.7. The fourth-order valence-corrected chi connectivity index (χ4v) is 7.41. The van der Waals surface area contributed by atoms with Gasteiger partial charge in [-0.2, -0.15) is 0 Å². The van der Waals surface area contributed by atoms with Crippen molar-refractivity contribution in [2.24, 2.45) is 5.92 Å². The smallest absolute Gasteiger partial charge is 0.225 e. The summed E-state index contributed by atoms with van der Waals surface area (Å²) in [6, 6.07) is 0. The molecular formula is C23H43N4O6S+. The van der Waals surface area contributed by atoms with Gasteiger partial charge in [-0.1, -0.05) is 6.92 Å². The lowest BCUT2D eigenvalue weighted by Crippen LogP contribution is -2.95. The van der Waals surface area contributed by atoms with Crippen molar-refractivity contribution in [1.29, 1.82) is 0 Å². The maximum atomic E-state index is 12.9. The fourth-order valence-electron chi connectivity index (χ4n) is 5.88. The van der Waals surface area contributed by atoms with Crippen molar-refractivity contribution < 1.29 is 33.5 Å². The van der Waals surface area contributed by atoms with Crippen LogP contribution in [0.5, 0.6) is 0 Å². The van der Waals surface area contributed by atoms with Crippen LogP contribution in [0.15, 0.2) is 0 Å². The third-order valence-corrected chi connectivity index (χ3v) is 10.2. The fraction of sp³-hybridized carbons (Fsp3) is 0.957. The molecule has 0 aromatic rings. The molecule has 1 amide bonds. The van der Waals surface area contributed by atoms with E-state index in [9.17, 15) is 23.4 Å². The Labute approximate surface area is 203 Å². The predicted octanol–water partition coefficient (Wildman–Crippen LogP) is -1.42. The van der Waals surface area contributed by atoms with Crippen LogP contribution in [0.1, 0.15) is 58.3 Å². The van der Waals surface area contributed by atoms with E-state index < -0.39 is 39.7 Å². The molecule has 3 saturated heterocycles. The van der Waals surface area contributed by atoms with Crippen molar-refractivity contribution in [3.63, 3.8) is 0 Å². The molecule has 0 aromatic heterocycles. The van der Waals surface area contributed by atoms with Crippen molar-refractivity contribution in [1.82, 2.24) is 14.5 Å². The second-order valence-electron chi connectivity index (χ2n) is 10.7. The van der Waals surface area contributed by atoms with Crippen molar-refractivity contribution in [3.8, 4) is 0 Å². The van der Waals surface area contributed by atoms with E-state index >= 15 is 0 Å². The van der Waals surface area contributed by atoms with Gasteiger partial charge in [-0.25, -0.2) is 13.1 Å². The summed E-state index contributed by atoms with van der Waals surface area (Å²) in [6.07, 6.45) is 3.13. The van der Waals surface area contributed by atoms with Crippen LogP contribution < -0.4 is 10.0 Å². The molecule has 4 fully saturated rings. The second kappa shape index (κ2) is 11.5. The highest BCUT2D eigenvalue weighted by Gasteiger charge is 2.44. The molecule has 0 aromatic carbocycles. The molecule has 1 unspecified atom stereocenters. The minimum atomic E-state index is -3.51. The van der Waals surface area contributed by atoms with Gasteiger partial charge in [0.2, 0.25) is 15.9 Å². The zero-order chi connectivity index (χ0) is 24.3. The van der Waals surface area contributed by atoms with Gasteiger partial charge < -0.3 is 25.2 Å². The van der Waals surface area contributed by atoms with Crippen LogP contribution in [0, 0.1) is 5.92 Å². The first kappa shape index (κ1) is 26.2. The molecule has 1 saturated carbocycles. The van der Waals surface area contributed by atoms with Crippen LogP contribution in [0.25, 0.3) is 0 Å². The average molecular weight is 504 g/mol. The van der Waals surface area contributed by atoms with Crippen LogP contribution in [0.3, 0.4) is 0 Å². The Morgan fingerprint density at radius 1 is 1.00 bits per heavy atom. The van der Waals surface area contributed by atoms with Gasteiger partial charge in [0.15, 0.2) is 0 Å². The Morgan fingerprint density at radius 3 is 2.32 bits per heavy atom. The molecule has 4 rings (SSSR count). The van der Waals surface area contributed by atoms with E-state index in [0.29, 0.717) is 38.0 Å². The van der Waals surface area contributed by atoms with Gasteiger partial charge in [-0.05, 0) is 44.4 Å². The van der Waals surface area contributed by atoms with E-state index in [4.69, 9.17) is 4.74 Å². The molecule has 0 spiro atoms. The Kier molecular flexibility index (Phi) is 8.87. The molecule has 11 heteroatoms. The number of quaternary nitrogens is 1. The Bertz CT molecular complexity index is 776. The van der Waals surface area contributed by atoms with Crippen LogP contribution in [-0.2, 0) is 19.6 Å². The van der Waals surface area contributed by atoms with Crippen molar-refractivity contribution in [3.05, 3.63) is 0 Å². The van der Waals surface area contributed by atoms with E-state index in [-0.39, 0.29) is 18.9 Å². The lowest BCUT2D eigenvalue weighted by atomic mass is 9.91. The summed E-state index contributed by atoms with van der Waals surface area (Å²) in [5.41, 5.74) is 0. The van der Waals surface area contributed by atoms with Crippen LogP contribution in [-0.4, -0.2) is 109 Å². The Hall–Kier alpha value is -0.820. The summed E-state index contributed by atoms with van der Waals surface area (Å²) in [7, 11) is -3.51. The summed E-state index contributed by atoms with van der Waals surface area (Å²) in [6.45, 7) is 6.18. The van der Waals surface area contributed by atoms with E-state index in [0.717, 1.165) is 25.9 Å². The number of sulfonamides is 1. The number of carbonyl (C=O) groups excluding carboxylic acids is 1. The highest BCUT2D eigenvalue weighted by Crippen LogP contribution is 2.28. The number of nitrogens with two attached hydrogens (primary N) is 1. The number of nitrogens with zero attached hydrogens (tertiary/aromatic N) is 2. The molecule has 1 aliphatic carbocycles. The first-order valence-electron chi connectivity index (χ1n) is 13.1. The zero-order valence-corrected chi connectivity index (χ0v) is 21.2. The maximum absolute atomic E-state index is 12.9. The quantitative estimate of drug-likeness (QED) is 0.335. The Balaban J connectivity index is 1.22. The highest BCUT2D eigenvalue weighted by molar-refractivity contribution is 7.90. The summed E-state index contributed by atoms with van der Waals surface area (Å²) in [5.74, 6) is 0.453. The third kappa shape index (κ3) is 6.29. The standard InChI is InChI=1S/C23H42N4O6S/c1-16-5-7-17(8-6-16)34(31,32)25-15-19-23(30)22(29)18(33-19)14-21(28)27-12-10-26(11-13-27)20-4-2-3-9-24-20/h16-20,22-25,29-30H,2-15H2,1H3/p+1/t16?,17?,18-,19-,20?,22-,23+/m0/s1. The molecule has 0 radical (unpaired) electrons. The van der Waals surface area contributed by atoms with E-state index in [1.807, 2.05) is 4.90 Å². The monoisotopic (exact) mass is 503 g/mol. The second-order valence-corrected chi connectivity index (χ2v) is 12.7. The lowest BCUT2D eigenvalue weighted by Gasteiger charge is -2.39. The third-order valence-electron chi connectivity index (χ3n) is 8.25. The van der Waals surface area contributed by atoms with E-state index in [2.05, 4.69) is 21.9 Å². The number of rotatable bonds is 7. The largest absolute Gasteiger partial charge is 0.388 e. The molecule has 5 N–H and O–H groups in total. The van der Waals surface area contributed by atoms with Gasteiger partial charge in [0, 0.05) is 39.1 Å². The topological polar surface area (TPSA) is 136 Å². The minimum absolute atomic E-state index is 0.0163. The SMILES string of the molecule is CC1CCC(S(=O)(=O)NC[C@@H]2O[C@@H](CC(=O)N3CCN(C4CCCC[NH2+]4)CC3)[C@H](O)[C@@H]2O)CC1. The Morgan fingerprint density at radius 2 is 1.68 bits per heavy atom. The first-order valence-corrected chi connectivity index (χ1v) is 14.6. The number of piperazine rings is 1. The molecule has 196 valence electrons. The highest BCUT2D eigenvalue weighted by atomic mass is 32.2. The normalized spacial score (nSPS) is 38.2. The number of amides is 1. The zero-order valence-electron chi connectivity index (χ0n) is 20.3. The number of hydrogen-bond donors (Lipinski definition) is 4. The number of ether oxygens (including phenoxy) is 1. The van der Waals surface area contributed by atoms with Gasteiger partial charge in [-0.15, -0.1) is 0 Å². The summed E-state index contributed by atoms with van der Waals surface area (Å²) in [4.78, 5) is 17.1. The van der Waals surface area contributed by atoms with Crippen LogP contribution in [0.4, 0.5) is 0 Å². The molecule has 3 heterocycles. The van der Waals surface area contributed by atoms with E-state index in [1.54, 1.807) is 0 Å². The van der Waals surface area contributed by atoms with Crippen molar-refractivity contribution in [2.45, 2.75) is 94.1 Å². The van der Waals surface area contributed by atoms with Gasteiger partial charge in [0.25, 0.3) is 0 Å². The van der Waals surface area contributed by atoms with E-state index in [1.165, 1.54) is 25.8 Å². The molecular weight excluding hydrogens is 460 g/mol. The number of aliphatic hydroxyl groups excluding tert-OH is 2. The van der Waals surface area contributed by atoms with Gasteiger partial charge in [0.05, 0.1) is 24.3 Å². The molecule has 3 aliphatic heterocycles. The molecule has 0 bridgehead atoms. The van der Waals surface area contributed by atoms with Crippen molar-refractivity contribution in [2.75, 3.05) is 39.3 Å². The summed E-state index contributed by atoms with van der Waals surface area (Å²) >= 11 is 0. The van der Waals surface area contributed by atoms with Crippen LogP contribution >= 0.6 is 0 Å². The minimum Gasteiger partial charge on any atom is -0.388 e. The lowest BCUT2D eigenvalue weighted by molar-refractivity contribution is -0.717. The van der Waals surface area contributed by atoms with Crippen LogP contribution in [0.2, 0.25) is 0 Å². The molecule has 34 heavy (non-hydrogen) atoms. The number of aliphatic hydroxyl groups is 2. The molecule has 5 atom stereocenters. The maximum Gasteiger partial charge on any atom is 0.225 e. The van der Waals surface area contributed by atoms with Gasteiger partial charge in [-0.3, -0.25) is 9.69 Å². The molecule has 10 nitrogen and oxygen atoms in total. The number of hydrogen-bond acceptors (Lipinski definition) is 7.